The Morgan fingerprint density at radius 3 is 2.68 bits per heavy atom. The van der Waals surface area contributed by atoms with Gasteiger partial charge in [-0.25, -0.2) is 0 Å². The average molecular weight is 254 g/mol. The second-order valence-electron chi connectivity index (χ2n) is 6.95. The first-order chi connectivity index (χ1) is 9.16. The minimum Gasteiger partial charge on any atom is -0.0760 e. The van der Waals surface area contributed by atoms with Crippen LogP contribution in [0.1, 0.15) is 51.2 Å². The average Bonchev–Trinajstić information content (AvgIpc) is 2.82. The summed E-state index contributed by atoms with van der Waals surface area (Å²) in [5.41, 5.74) is 4.76. The molecule has 2 aliphatic carbocycles. The van der Waals surface area contributed by atoms with Crippen LogP contribution in [0, 0.1) is 23.7 Å². The van der Waals surface area contributed by atoms with Crippen molar-refractivity contribution < 1.29 is 0 Å². The standard InChI is InChI=1S/C19H26/c1-13(2)16-10-8-14(3)12-19(16)18-11-9-15-6-4-5-7-17(15)18/h4-7,11,13-14,16,19H,8-10,12H2,1-3H3/t14-,16+,19+/m1/s1. The first-order valence-electron chi connectivity index (χ1n) is 7.95. The van der Waals surface area contributed by atoms with Gasteiger partial charge >= 0.3 is 0 Å². The minimum absolute atomic E-state index is 0.799. The van der Waals surface area contributed by atoms with Gasteiger partial charge in [-0.15, -0.1) is 0 Å². The number of benzene rings is 1. The van der Waals surface area contributed by atoms with Gasteiger partial charge < -0.3 is 0 Å². The lowest BCUT2D eigenvalue weighted by Crippen LogP contribution is -2.28. The Hall–Kier alpha value is -1.04. The maximum atomic E-state index is 2.52. The molecule has 0 radical (unpaired) electrons. The summed E-state index contributed by atoms with van der Waals surface area (Å²) in [6, 6.07) is 9.02. The molecule has 19 heavy (non-hydrogen) atoms. The number of allylic oxidation sites excluding steroid dienone is 2. The third-order valence-electron chi connectivity index (χ3n) is 5.29. The van der Waals surface area contributed by atoms with Crippen molar-refractivity contribution in [3.8, 4) is 0 Å². The van der Waals surface area contributed by atoms with Crippen LogP contribution in [0.3, 0.4) is 0 Å². The van der Waals surface area contributed by atoms with Crippen LogP contribution in [0.5, 0.6) is 0 Å². The van der Waals surface area contributed by atoms with E-state index in [0.717, 1.165) is 30.1 Å². The Balaban J connectivity index is 1.92. The molecule has 2 aliphatic rings. The van der Waals surface area contributed by atoms with Gasteiger partial charge in [0.15, 0.2) is 0 Å². The lowest BCUT2D eigenvalue weighted by molar-refractivity contribution is 0.185. The highest BCUT2D eigenvalue weighted by Crippen LogP contribution is 2.47. The monoisotopic (exact) mass is 254 g/mol. The summed E-state index contributed by atoms with van der Waals surface area (Å²) in [5, 5.41) is 0. The highest BCUT2D eigenvalue weighted by Gasteiger charge is 2.34. The fraction of sp³-hybridized carbons (Fsp3) is 0.579. The molecule has 0 spiro atoms. The van der Waals surface area contributed by atoms with Crippen molar-refractivity contribution in [1.29, 1.82) is 0 Å². The van der Waals surface area contributed by atoms with Gasteiger partial charge in [-0.05, 0) is 59.6 Å². The number of hydrogen-bond acceptors (Lipinski definition) is 0. The Bertz CT molecular complexity index is 481. The molecule has 0 amide bonds. The third kappa shape index (κ3) is 2.38. The Morgan fingerprint density at radius 2 is 1.89 bits per heavy atom. The molecule has 0 aliphatic heterocycles. The molecule has 0 aromatic heterocycles. The van der Waals surface area contributed by atoms with Crippen molar-refractivity contribution in [3.05, 3.63) is 41.5 Å². The normalized spacial score (nSPS) is 30.3. The zero-order valence-electron chi connectivity index (χ0n) is 12.5. The van der Waals surface area contributed by atoms with E-state index in [-0.39, 0.29) is 0 Å². The summed E-state index contributed by atoms with van der Waals surface area (Å²) in [5.74, 6) is 3.39. The van der Waals surface area contributed by atoms with E-state index in [2.05, 4.69) is 51.1 Å². The van der Waals surface area contributed by atoms with Crippen LogP contribution in [-0.2, 0) is 6.42 Å². The van der Waals surface area contributed by atoms with Gasteiger partial charge in [-0.1, -0.05) is 57.5 Å². The van der Waals surface area contributed by atoms with E-state index in [0.29, 0.717) is 0 Å². The van der Waals surface area contributed by atoms with Crippen LogP contribution < -0.4 is 0 Å². The molecule has 102 valence electrons. The molecule has 3 rings (SSSR count). The molecular formula is C19H26. The maximum Gasteiger partial charge on any atom is -0.00853 e. The zero-order valence-corrected chi connectivity index (χ0v) is 12.5. The summed E-state index contributed by atoms with van der Waals surface area (Å²) in [6.07, 6.45) is 7.91. The predicted octanol–water partition coefficient (Wildman–Crippen LogP) is 5.33. The SMILES string of the molecule is CC(C)[C@@H]1CC[C@@H](C)C[C@@H]1C1=CCc2ccccc21. The van der Waals surface area contributed by atoms with Gasteiger partial charge in [-0.2, -0.15) is 0 Å². The largest absolute Gasteiger partial charge is 0.0760 e. The van der Waals surface area contributed by atoms with E-state index in [1.807, 2.05) is 0 Å². The van der Waals surface area contributed by atoms with Crippen LogP contribution >= 0.6 is 0 Å². The molecule has 0 saturated heterocycles. The Labute approximate surface area is 117 Å². The summed E-state index contributed by atoms with van der Waals surface area (Å²) >= 11 is 0. The van der Waals surface area contributed by atoms with Gasteiger partial charge in [0.2, 0.25) is 0 Å². The van der Waals surface area contributed by atoms with Crippen molar-refractivity contribution in [3.63, 3.8) is 0 Å². The van der Waals surface area contributed by atoms with E-state index < -0.39 is 0 Å². The van der Waals surface area contributed by atoms with E-state index in [4.69, 9.17) is 0 Å². The van der Waals surface area contributed by atoms with E-state index >= 15 is 0 Å². The molecule has 3 atom stereocenters. The van der Waals surface area contributed by atoms with E-state index in [9.17, 15) is 0 Å². The number of rotatable bonds is 2. The lowest BCUT2D eigenvalue weighted by Gasteiger charge is -2.38. The lowest BCUT2D eigenvalue weighted by atomic mass is 9.66. The minimum atomic E-state index is 0.799. The van der Waals surface area contributed by atoms with E-state index in [1.165, 1.54) is 19.3 Å². The second-order valence-corrected chi connectivity index (χ2v) is 6.95. The molecule has 1 saturated carbocycles. The van der Waals surface area contributed by atoms with Crippen LogP contribution in [-0.4, -0.2) is 0 Å². The topological polar surface area (TPSA) is 0 Å². The molecule has 1 aromatic carbocycles. The third-order valence-corrected chi connectivity index (χ3v) is 5.29. The number of fused-ring (bicyclic) bond motifs is 1. The van der Waals surface area contributed by atoms with Crippen molar-refractivity contribution in [2.24, 2.45) is 23.7 Å². The zero-order chi connectivity index (χ0) is 13.4. The second kappa shape index (κ2) is 5.15. The molecule has 0 heterocycles. The Morgan fingerprint density at radius 1 is 1.11 bits per heavy atom. The smallest absolute Gasteiger partial charge is 0.00853 e. The maximum absolute atomic E-state index is 2.52. The van der Waals surface area contributed by atoms with Crippen molar-refractivity contribution in [1.82, 2.24) is 0 Å². The molecule has 0 heteroatoms. The van der Waals surface area contributed by atoms with Gasteiger partial charge in [0.25, 0.3) is 0 Å². The number of hydrogen-bond donors (Lipinski definition) is 0. The quantitative estimate of drug-likeness (QED) is 0.668. The van der Waals surface area contributed by atoms with Gasteiger partial charge in [0.1, 0.15) is 0 Å². The van der Waals surface area contributed by atoms with Gasteiger partial charge in [-0.3, -0.25) is 0 Å². The predicted molar refractivity (Wildman–Crippen MR) is 83.0 cm³/mol. The fourth-order valence-electron chi connectivity index (χ4n) is 4.22. The van der Waals surface area contributed by atoms with Crippen LogP contribution in [0.2, 0.25) is 0 Å². The van der Waals surface area contributed by atoms with Crippen LogP contribution in [0.15, 0.2) is 30.3 Å². The first-order valence-corrected chi connectivity index (χ1v) is 7.95. The molecule has 1 fully saturated rings. The highest BCUT2D eigenvalue weighted by molar-refractivity contribution is 5.74. The van der Waals surface area contributed by atoms with E-state index in [1.54, 1.807) is 16.7 Å². The summed E-state index contributed by atoms with van der Waals surface area (Å²) in [6.45, 7) is 7.26. The molecule has 0 nitrogen and oxygen atoms in total. The molecule has 0 N–H and O–H groups in total. The van der Waals surface area contributed by atoms with Gasteiger partial charge in [0, 0.05) is 0 Å². The van der Waals surface area contributed by atoms with Crippen molar-refractivity contribution >= 4 is 5.57 Å². The molecule has 1 aromatic rings. The fourth-order valence-corrected chi connectivity index (χ4v) is 4.22. The van der Waals surface area contributed by atoms with Gasteiger partial charge in [0.05, 0.1) is 0 Å². The van der Waals surface area contributed by atoms with Crippen LogP contribution in [0.4, 0.5) is 0 Å². The molecule has 0 unspecified atom stereocenters. The van der Waals surface area contributed by atoms with Crippen LogP contribution in [0.25, 0.3) is 5.57 Å². The first kappa shape index (κ1) is 13.0. The summed E-state index contributed by atoms with van der Waals surface area (Å²) in [4.78, 5) is 0. The highest BCUT2D eigenvalue weighted by atomic mass is 14.4. The van der Waals surface area contributed by atoms with Crippen molar-refractivity contribution in [2.75, 3.05) is 0 Å². The van der Waals surface area contributed by atoms with Crippen molar-refractivity contribution in [2.45, 2.75) is 46.5 Å². The molecule has 0 bridgehead atoms. The molecular weight excluding hydrogens is 228 g/mol. The summed E-state index contributed by atoms with van der Waals surface area (Å²) < 4.78 is 0. The Kier molecular flexibility index (Phi) is 3.52. The summed E-state index contributed by atoms with van der Waals surface area (Å²) in [7, 11) is 0.